The van der Waals surface area contributed by atoms with E-state index in [1.54, 1.807) is 11.0 Å². The first-order valence-electron chi connectivity index (χ1n) is 9.65. The Morgan fingerprint density at radius 1 is 1.31 bits per heavy atom. The van der Waals surface area contributed by atoms with E-state index in [4.69, 9.17) is 4.74 Å². The Bertz CT molecular complexity index is 611. The molecule has 2 amide bonds. The molecule has 0 aromatic carbocycles. The first-order chi connectivity index (χ1) is 12.0. The summed E-state index contributed by atoms with van der Waals surface area (Å²) in [4.78, 5) is 26.2. The van der Waals surface area contributed by atoms with Crippen LogP contribution in [0.15, 0.2) is 23.3 Å². The first-order valence-corrected chi connectivity index (χ1v) is 9.65. The van der Waals surface area contributed by atoms with Gasteiger partial charge in [-0.15, -0.1) is 0 Å². The number of nitrogens with zero attached hydrogens (tertiary/aromatic N) is 1. The van der Waals surface area contributed by atoms with Crippen molar-refractivity contribution in [2.75, 3.05) is 13.1 Å². The summed E-state index contributed by atoms with van der Waals surface area (Å²) in [5.41, 5.74) is 2.29. The van der Waals surface area contributed by atoms with Crippen molar-refractivity contribution >= 4 is 12.0 Å². The SMILES string of the molecule is CC1=C(/C=C/C(=O)N2CC[C@@H](NC(=O)OC(C)(C)C)C2)C(C)(C)CCC1. The summed E-state index contributed by atoms with van der Waals surface area (Å²) in [6.45, 7) is 13.4. The average Bonchev–Trinajstić information content (AvgIpc) is 2.92. The molecule has 0 spiro atoms. The van der Waals surface area contributed by atoms with Crippen molar-refractivity contribution in [2.45, 2.75) is 78.9 Å². The van der Waals surface area contributed by atoms with Crippen molar-refractivity contribution in [2.24, 2.45) is 5.41 Å². The van der Waals surface area contributed by atoms with Gasteiger partial charge in [0.1, 0.15) is 5.60 Å². The third-order valence-corrected chi connectivity index (χ3v) is 5.16. The highest BCUT2D eigenvalue weighted by Gasteiger charge is 2.29. The van der Waals surface area contributed by atoms with Crippen molar-refractivity contribution in [3.05, 3.63) is 23.3 Å². The lowest BCUT2D eigenvalue weighted by atomic mass is 9.72. The molecule has 0 saturated carbocycles. The molecule has 2 aliphatic rings. The Kier molecular flexibility index (Phi) is 6.20. The van der Waals surface area contributed by atoms with Crippen LogP contribution in [0.3, 0.4) is 0 Å². The molecular weight excluding hydrogens is 328 g/mol. The number of hydrogen-bond donors (Lipinski definition) is 1. The van der Waals surface area contributed by atoms with Gasteiger partial charge >= 0.3 is 6.09 Å². The van der Waals surface area contributed by atoms with Crippen LogP contribution in [0.4, 0.5) is 4.79 Å². The van der Waals surface area contributed by atoms with Crippen LogP contribution < -0.4 is 5.32 Å². The van der Waals surface area contributed by atoms with Crippen molar-refractivity contribution in [3.63, 3.8) is 0 Å². The van der Waals surface area contributed by atoms with Crippen LogP contribution in [0.2, 0.25) is 0 Å². The quantitative estimate of drug-likeness (QED) is 0.766. The summed E-state index contributed by atoms with van der Waals surface area (Å²) in [5, 5.41) is 2.86. The molecule has 0 radical (unpaired) electrons. The van der Waals surface area contributed by atoms with Crippen LogP contribution in [0, 0.1) is 5.41 Å². The van der Waals surface area contributed by atoms with E-state index >= 15 is 0 Å². The van der Waals surface area contributed by atoms with Crippen LogP contribution in [-0.2, 0) is 9.53 Å². The van der Waals surface area contributed by atoms with Gasteiger partial charge in [0.05, 0.1) is 6.04 Å². The fourth-order valence-corrected chi connectivity index (χ4v) is 3.82. The molecule has 1 saturated heterocycles. The number of nitrogens with one attached hydrogen (secondary N) is 1. The third kappa shape index (κ3) is 5.61. The number of rotatable bonds is 3. The fourth-order valence-electron chi connectivity index (χ4n) is 3.82. The molecule has 0 unspecified atom stereocenters. The zero-order valence-corrected chi connectivity index (χ0v) is 17.1. The van der Waals surface area contributed by atoms with E-state index in [9.17, 15) is 9.59 Å². The molecule has 0 bridgehead atoms. The van der Waals surface area contributed by atoms with Gasteiger partial charge in [0, 0.05) is 19.2 Å². The van der Waals surface area contributed by atoms with Crippen LogP contribution in [0.5, 0.6) is 0 Å². The highest BCUT2D eigenvalue weighted by atomic mass is 16.6. The molecule has 146 valence electrons. The maximum atomic E-state index is 12.5. The minimum atomic E-state index is -0.515. The molecule has 1 aliphatic heterocycles. The smallest absolute Gasteiger partial charge is 0.407 e. The minimum absolute atomic E-state index is 0.0140. The molecular formula is C21H34N2O3. The van der Waals surface area contributed by atoms with Crippen molar-refractivity contribution in [1.29, 1.82) is 0 Å². The molecule has 0 aromatic rings. The number of carbonyl (C=O) groups is 2. The van der Waals surface area contributed by atoms with Gasteiger partial charge < -0.3 is 15.0 Å². The molecule has 1 atom stereocenters. The molecule has 1 fully saturated rings. The van der Waals surface area contributed by atoms with Gasteiger partial charge in [-0.05, 0) is 64.4 Å². The van der Waals surface area contributed by atoms with Crippen LogP contribution in [0.1, 0.15) is 67.2 Å². The molecule has 0 aromatic heterocycles. The van der Waals surface area contributed by atoms with Gasteiger partial charge in [-0.25, -0.2) is 4.79 Å². The van der Waals surface area contributed by atoms with Crippen molar-refractivity contribution in [3.8, 4) is 0 Å². The number of hydrogen-bond acceptors (Lipinski definition) is 3. The van der Waals surface area contributed by atoms with Gasteiger partial charge in [-0.2, -0.15) is 0 Å². The summed E-state index contributed by atoms with van der Waals surface area (Å²) in [7, 11) is 0. The highest BCUT2D eigenvalue weighted by Crippen LogP contribution is 2.40. The summed E-state index contributed by atoms with van der Waals surface area (Å²) in [6.07, 6.45) is 7.53. The van der Waals surface area contributed by atoms with E-state index in [1.165, 1.54) is 17.6 Å². The van der Waals surface area contributed by atoms with E-state index in [2.05, 4.69) is 26.1 Å². The lowest BCUT2D eigenvalue weighted by molar-refractivity contribution is -0.125. The number of ether oxygens (including phenoxy) is 1. The second-order valence-electron chi connectivity index (χ2n) is 9.18. The molecule has 5 nitrogen and oxygen atoms in total. The molecule has 2 rings (SSSR count). The van der Waals surface area contributed by atoms with Gasteiger partial charge in [0.25, 0.3) is 0 Å². The number of alkyl carbamates (subject to hydrolysis) is 1. The van der Waals surface area contributed by atoms with Gasteiger partial charge in [-0.1, -0.05) is 25.5 Å². The number of carbonyl (C=O) groups excluding carboxylic acids is 2. The summed E-state index contributed by atoms with van der Waals surface area (Å²) in [6, 6.07) is -0.0470. The second kappa shape index (κ2) is 7.85. The maximum Gasteiger partial charge on any atom is 0.407 e. The minimum Gasteiger partial charge on any atom is -0.444 e. The molecule has 26 heavy (non-hydrogen) atoms. The summed E-state index contributed by atoms with van der Waals surface area (Å²) >= 11 is 0. The number of likely N-dealkylation sites (tertiary alicyclic amines) is 1. The van der Waals surface area contributed by atoms with Gasteiger partial charge in [-0.3, -0.25) is 4.79 Å². The van der Waals surface area contributed by atoms with Crippen molar-refractivity contribution < 1.29 is 14.3 Å². The lowest BCUT2D eigenvalue weighted by Crippen LogP contribution is -2.41. The highest BCUT2D eigenvalue weighted by molar-refractivity contribution is 5.88. The zero-order valence-electron chi connectivity index (χ0n) is 17.1. The Morgan fingerprint density at radius 3 is 2.62 bits per heavy atom. The third-order valence-electron chi connectivity index (χ3n) is 5.16. The Balaban J connectivity index is 1.90. The normalized spacial score (nSPS) is 23.5. The van der Waals surface area contributed by atoms with Gasteiger partial charge in [0.2, 0.25) is 5.91 Å². The molecule has 1 aliphatic carbocycles. The Labute approximate surface area is 157 Å². The zero-order chi connectivity index (χ0) is 19.5. The molecule has 1 heterocycles. The monoisotopic (exact) mass is 362 g/mol. The summed E-state index contributed by atoms with van der Waals surface area (Å²) < 4.78 is 5.28. The largest absolute Gasteiger partial charge is 0.444 e. The van der Waals surface area contributed by atoms with E-state index in [1.807, 2.05) is 26.8 Å². The summed E-state index contributed by atoms with van der Waals surface area (Å²) in [5.74, 6) is 0.0140. The number of allylic oxidation sites excluding steroid dienone is 3. The second-order valence-corrected chi connectivity index (χ2v) is 9.18. The van der Waals surface area contributed by atoms with E-state index in [0.717, 1.165) is 19.3 Å². The first kappa shape index (κ1) is 20.5. The number of amides is 2. The Hall–Kier alpha value is -1.78. The van der Waals surface area contributed by atoms with Crippen LogP contribution in [-0.4, -0.2) is 41.6 Å². The van der Waals surface area contributed by atoms with E-state index in [0.29, 0.717) is 13.1 Å². The maximum absolute atomic E-state index is 12.5. The predicted octanol–water partition coefficient (Wildman–Crippen LogP) is 4.19. The molecule has 1 N–H and O–H groups in total. The fraction of sp³-hybridized carbons (Fsp3) is 0.714. The predicted molar refractivity (Wildman–Crippen MR) is 104 cm³/mol. The standard InChI is InChI=1S/C21H34N2O3/c1-15-8-7-12-21(5,6)17(15)9-10-18(24)23-13-11-16(14-23)22-19(25)26-20(2,3)4/h9-10,16H,7-8,11-14H2,1-6H3,(H,22,25)/b10-9+/t16-/m1/s1. The van der Waals surface area contributed by atoms with Crippen LogP contribution >= 0.6 is 0 Å². The van der Waals surface area contributed by atoms with E-state index < -0.39 is 11.7 Å². The molecule has 5 heteroatoms. The topological polar surface area (TPSA) is 58.6 Å². The van der Waals surface area contributed by atoms with Crippen molar-refractivity contribution in [1.82, 2.24) is 10.2 Å². The van der Waals surface area contributed by atoms with Crippen LogP contribution in [0.25, 0.3) is 0 Å². The average molecular weight is 363 g/mol. The lowest BCUT2D eigenvalue weighted by Gasteiger charge is -2.33. The Morgan fingerprint density at radius 2 is 2.00 bits per heavy atom. The van der Waals surface area contributed by atoms with Gasteiger partial charge in [0.15, 0.2) is 0 Å². The van der Waals surface area contributed by atoms with E-state index in [-0.39, 0.29) is 17.4 Å².